The van der Waals surface area contributed by atoms with E-state index in [1.54, 1.807) is 25.1 Å². The van der Waals surface area contributed by atoms with Crippen LogP contribution in [0.3, 0.4) is 0 Å². The molecule has 1 aliphatic carbocycles. The van der Waals surface area contributed by atoms with Gasteiger partial charge in [-0.15, -0.1) is 0 Å². The van der Waals surface area contributed by atoms with Crippen LogP contribution in [-0.4, -0.2) is 57.9 Å². The molecule has 1 aliphatic heterocycles. The second-order valence-corrected chi connectivity index (χ2v) is 8.45. The van der Waals surface area contributed by atoms with E-state index in [-0.39, 0.29) is 12.2 Å². The Morgan fingerprint density at radius 2 is 1.97 bits per heavy atom. The molecule has 0 radical (unpaired) electrons. The maximum Gasteiger partial charge on any atom is 0.423 e. The van der Waals surface area contributed by atoms with Crippen LogP contribution < -0.4 is 0 Å². The summed E-state index contributed by atoms with van der Waals surface area (Å²) >= 11 is 0. The first-order valence-electron chi connectivity index (χ1n) is 10.6. The number of hydrogen-bond donors (Lipinski definition) is 3. The number of rotatable bonds is 6. The maximum atomic E-state index is 12.9. The Kier molecular flexibility index (Phi) is 7.16. The van der Waals surface area contributed by atoms with Gasteiger partial charge >= 0.3 is 6.09 Å². The molecule has 3 N–H and O–H groups in total. The first kappa shape index (κ1) is 23.7. The summed E-state index contributed by atoms with van der Waals surface area (Å²) < 4.78 is 4.57. The zero-order valence-electron chi connectivity index (χ0n) is 18.4. The van der Waals surface area contributed by atoms with Gasteiger partial charge < -0.3 is 20.1 Å². The summed E-state index contributed by atoms with van der Waals surface area (Å²) in [6.07, 6.45) is 1.00. The Morgan fingerprint density at radius 3 is 2.59 bits per heavy atom. The minimum atomic E-state index is -1.03. The minimum Gasteiger partial charge on any atom is -0.507 e. The molecule has 4 atom stereocenters. The number of carbonyl (C=O) groups excluding carboxylic acids is 3. The van der Waals surface area contributed by atoms with E-state index in [9.17, 15) is 29.7 Å². The number of aliphatic hydroxyl groups excluding tert-OH is 2. The third-order valence-corrected chi connectivity index (χ3v) is 6.39. The Labute approximate surface area is 186 Å². The van der Waals surface area contributed by atoms with Gasteiger partial charge in [0.05, 0.1) is 31.7 Å². The van der Waals surface area contributed by atoms with Crippen molar-refractivity contribution in [1.82, 2.24) is 4.90 Å². The normalized spacial score (nSPS) is 24.6. The highest BCUT2D eigenvalue weighted by molar-refractivity contribution is 6.15. The van der Waals surface area contributed by atoms with Crippen molar-refractivity contribution >= 4 is 24.0 Å². The second-order valence-electron chi connectivity index (χ2n) is 8.45. The van der Waals surface area contributed by atoms with Crippen molar-refractivity contribution in [3.8, 4) is 5.75 Å². The molecule has 8 heteroatoms. The standard InChI is InChI=1S/C24H29NO7/c1-13(10-15-6-4-5-7-18(15)27)8-9-19(28)20-14(2)11-16-21(17(20)12-26)23(30)25(22(16)29)24(31)32-3/h4-7,10,16-17,19,21,26-28H,8-9,11-12H2,1-3H3/b13-10+/t16-,17+,19-,21-/m1/s1. The van der Waals surface area contributed by atoms with Crippen molar-refractivity contribution in [3.05, 3.63) is 46.5 Å². The number of phenolic OH excluding ortho intramolecular Hbond substituents is 1. The van der Waals surface area contributed by atoms with Gasteiger partial charge in [0, 0.05) is 11.5 Å². The van der Waals surface area contributed by atoms with Crippen LogP contribution in [0.2, 0.25) is 0 Å². The number of likely N-dealkylation sites (tertiary alicyclic amines) is 1. The minimum absolute atomic E-state index is 0.171. The van der Waals surface area contributed by atoms with E-state index in [4.69, 9.17) is 0 Å². The van der Waals surface area contributed by atoms with E-state index in [1.807, 2.05) is 19.1 Å². The van der Waals surface area contributed by atoms with Gasteiger partial charge in [0.1, 0.15) is 5.75 Å². The van der Waals surface area contributed by atoms with Crippen LogP contribution in [0.5, 0.6) is 5.75 Å². The number of imide groups is 3. The number of nitrogens with zero attached hydrogens (tertiary/aromatic N) is 1. The number of ether oxygens (including phenoxy) is 1. The third kappa shape index (κ3) is 4.33. The predicted octanol–water partition coefficient (Wildman–Crippen LogP) is 2.63. The van der Waals surface area contributed by atoms with Gasteiger partial charge in [0.25, 0.3) is 0 Å². The average molecular weight is 443 g/mol. The number of hydrogen-bond acceptors (Lipinski definition) is 7. The molecule has 8 nitrogen and oxygen atoms in total. The topological polar surface area (TPSA) is 124 Å². The van der Waals surface area contributed by atoms with Crippen LogP contribution in [0.1, 0.15) is 38.7 Å². The number of benzene rings is 1. The fraction of sp³-hybridized carbons (Fsp3) is 0.458. The molecule has 0 aromatic heterocycles. The van der Waals surface area contributed by atoms with Crippen molar-refractivity contribution in [2.45, 2.75) is 39.2 Å². The Morgan fingerprint density at radius 1 is 1.28 bits per heavy atom. The van der Waals surface area contributed by atoms with Crippen molar-refractivity contribution in [3.63, 3.8) is 0 Å². The average Bonchev–Trinajstić information content (AvgIpc) is 3.01. The number of fused-ring (bicyclic) bond motifs is 1. The lowest BCUT2D eigenvalue weighted by atomic mass is 9.68. The van der Waals surface area contributed by atoms with Gasteiger partial charge in [0.2, 0.25) is 11.8 Å². The first-order valence-corrected chi connectivity index (χ1v) is 10.6. The number of aromatic hydroxyl groups is 1. The zero-order chi connectivity index (χ0) is 23.6. The van der Waals surface area contributed by atoms with Crippen LogP contribution in [0, 0.1) is 17.8 Å². The van der Waals surface area contributed by atoms with Crippen LogP contribution in [-0.2, 0) is 14.3 Å². The summed E-state index contributed by atoms with van der Waals surface area (Å²) in [6.45, 7) is 3.25. The number of aliphatic hydroxyl groups is 2. The zero-order valence-corrected chi connectivity index (χ0v) is 18.4. The quantitative estimate of drug-likeness (QED) is 0.456. The first-order chi connectivity index (χ1) is 15.2. The van der Waals surface area contributed by atoms with Crippen molar-refractivity contribution in [1.29, 1.82) is 0 Å². The smallest absolute Gasteiger partial charge is 0.423 e. The fourth-order valence-corrected chi connectivity index (χ4v) is 4.86. The highest BCUT2D eigenvalue weighted by Gasteiger charge is 2.56. The molecule has 1 aromatic rings. The van der Waals surface area contributed by atoms with Gasteiger partial charge in [-0.2, -0.15) is 4.90 Å². The van der Waals surface area contributed by atoms with E-state index >= 15 is 0 Å². The SMILES string of the molecule is COC(=O)N1C(=O)[C@@H]2[C@@H](CC(C)=C([C@H](O)CC/C(C)=C/c3ccccc3O)[C@@H]2CO)C1=O. The second kappa shape index (κ2) is 9.67. The highest BCUT2D eigenvalue weighted by Crippen LogP contribution is 2.46. The third-order valence-electron chi connectivity index (χ3n) is 6.39. The maximum absolute atomic E-state index is 12.9. The van der Waals surface area contributed by atoms with E-state index < -0.39 is 48.4 Å². The molecule has 0 saturated carbocycles. The molecule has 0 spiro atoms. The molecule has 1 aromatic carbocycles. The Hall–Kier alpha value is -2.97. The predicted molar refractivity (Wildman–Crippen MR) is 116 cm³/mol. The fourth-order valence-electron chi connectivity index (χ4n) is 4.86. The number of phenols is 1. The summed E-state index contributed by atoms with van der Waals surface area (Å²) in [5.74, 6) is -3.56. The van der Waals surface area contributed by atoms with E-state index in [2.05, 4.69) is 4.74 Å². The molecular formula is C24H29NO7. The summed E-state index contributed by atoms with van der Waals surface area (Å²) in [5.41, 5.74) is 2.92. The number of methoxy groups -OCH3 is 1. The van der Waals surface area contributed by atoms with Gasteiger partial charge in [-0.3, -0.25) is 9.59 Å². The van der Waals surface area contributed by atoms with E-state index in [0.717, 1.165) is 18.3 Å². The van der Waals surface area contributed by atoms with Gasteiger partial charge in [-0.25, -0.2) is 4.79 Å². The number of amides is 3. The van der Waals surface area contributed by atoms with Crippen LogP contribution in [0.25, 0.3) is 6.08 Å². The monoisotopic (exact) mass is 443 g/mol. The highest BCUT2D eigenvalue weighted by atomic mass is 16.5. The summed E-state index contributed by atoms with van der Waals surface area (Å²) in [4.78, 5) is 38.0. The van der Waals surface area contributed by atoms with Crippen LogP contribution >= 0.6 is 0 Å². The molecule has 3 amide bonds. The molecule has 1 heterocycles. The van der Waals surface area contributed by atoms with Crippen molar-refractivity contribution < 1.29 is 34.4 Å². The van der Waals surface area contributed by atoms with Crippen molar-refractivity contribution in [2.75, 3.05) is 13.7 Å². The molecule has 0 unspecified atom stereocenters. The largest absolute Gasteiger partial charge is 0.507 e. The molecule has 1 saturated heterocycles. The number of para-hydroxylation sites is 1. The van der Waals surface area contributed by atoms with Gasteiger partial charge in [-0.05, 0) is 44.7 Å². The van der Waals surface area contributed by atoms with E-state index in [1.165, 1.54) is 0 Å². The summed E-state index contributed by atoms with van der Waals surface area (Å²) in [6, 6.07) is 6.96. The molecule has 32 heavy (non-hydrogen) atoms. The molecule has 0 bridgehead atoms. The Balaban J connectivity index is 1.79. The number of carbonyl (C=O) groups is 3. The van der Waals surface area contributed by atoms with Crippen LogP contribution in [0.15, 0.2) is 41.0 Å². The summed E-state index contributed by atoms with van der Waals surface area (Å²) in [7, 11) is 1.10. The molecule has 172 valence electrons. The lowest BCUT2D eigenvalue weighted by molar-refractivity contribution is -0.137. The molecular weight excluding hydrogens is 414 g/mol. The summed E-state index contributed by atoms with van der Waals surface area (Å²) in [5, 5.41) is 31.0. The van der Waals surface area contributed by atoms with Gasteiger partial charge in [-0.1, -0.05) is 35.4 Å². The molecule has 1 fully saturated rings. The van der Waals surface area contributed by atoms with Crippen molar-refractivity contribution in [2.24, 2.45) is 17.8 Å². The van der Waals surface area contributed by atoms with Crippen LogP contribution in [0.4, 0.5) is 4.79 Å². The van der Waals surface area contributed by atoms with E-state index in [0.29, 0.717) is 28.9 Å². The Bertz CT molecular complexity index is 980. The number of allylic oxidation sites excluding steroid dienone is 2. The molecule has 3 rings (SSSR count). The lowest BCUT2D eigenvalue weighted by Gasteiger charge is -2.35. The lowest BCUT2D eigenvalue weighted by Crippen LogP contribution is -2.39. The van der Waals surface area contributed by atoms with Gasteiger partial charge in [0.15, 0.2) is 0 Å². The molecule has 2 aliphatic rings.